The molecule has 0 bridgehead atoms. The quantitative estimate of drug-likeness (QED) is 0.720. The molecular formula is C17H12N2O3S. The van der Waals surface area contributed by atoms with Crippen LogP contribution in [-0.2, 0) is 0 Å². The van der Waals surface area contributed by atoms with E-state index >= 15 is 0 Å². The van der Waals surface area contributed by atoms with E-state index in [1.165, 1.54) is 11.3 Å². The molecule has 2 N–H and O–H groups in total. The van der Waals surface area contributed by atoms with Crippen LogP contribution in [0.4, 0.5) is 0 Å². The third-order valence-electron chi connectivity index (χ3n) is 3.36. The second kappa shape index (κ2) is 5.99. The number of benzene rings is 1. The Kier molecular flexibility index (Phi) is 3.87. The van der Waals surface area contributed by atoms with Crippen LogP contribution in [-0.4, -0.2) is 16.7 Å². The first-order valence-corrected chi connectivity index (χ1v) is 7.64. The van der Waals surface area contributed by atoms with E-state index in [-0.39, 0.29) is 11.3 Å². The summed E-state index contributed by atoms with van der Waals surface area (Å²) in [7, 11) is 0. The summed E-state index contributed by atoms with van der Waals surface area (Å²) in [4.78, 5) is 14.9. The molecule has 0 atom stereocenters. The molecule has 0 spiro atoms. The Morgan fingerprint density at radius 1 is 1.39 bits per heavy atom. The summed E-state index contributed by atoms with van der Waals surface area (Å²) >= 11 is 1.30. The number of fused-ring (bicyclic) bond motifs is 1. The molecule has 0 fully saturated rings. The number of H-pyrrole nitrogens is 1. The highest BCUT2D eigenvalue weighted by molar-refractivity contribution is 7.17. The van der Waals surface area contributed by atoms with E-state index in [1.807, 2.05) is 29.6 Å². The van der Waals surface area contributed by atoms with Crippen LogP contribution in [0.3, 0.4) is 0 Å². The van der Waals surface area contributed by atoms with Gasteiger partial charge in [0.25, 0.3) is 5.56 Å². The first-order valence-electron chi connectivity index (χ1n) is 6.76. The van der Waals surface area contributed by atoms with Gasteiger partial charge in [-0.1, -0.05) is 24.8 Å². The van der Waals surface area contributed by atoms with Gasteiger partial charge in [0.05, 0.1) is 5.39 Å². The van der Waals surface area contributed by atoms with Gasteiger partial charge >= 0.3 is 0 Å². The Morgan fingerprint density at radius 2 is 2.13 bits per heavy atom. The van der Waals surface area contributed by atoms with Gasteiger partial charge in [-0.3, -0.25) is 4.79 Å². The summed E-state index contributed by atoms with van der Waals surface area (Å²) in [6, 6.07) is 9.08. The summed E-state index contributed by atoms with van der Waals surface area (Å²) in [6.45, 7) is 4.02. The van der Waals surface area contributed by atoms with Gasteiger partial charge in [0.2, 0.25) is 0 Å². The number of nitrogens with one attached hydrogen (secondary N) is 1. The molecule has 0 unspecified atom stereocenters. The Bertz CT molecular complexity index is 978. The number of nitrogens with zero attached hydrogens (tertiary/aromatic N) is 1. The Hall–Kier alpha value is -3.04. The van der Waals surface area contributed by atoms with Crippen molar-refractivity contribution in [2.24, 2.45) is 0 Å². The molecule has 0 saturated carbocycles. The number of hydrogen-bond acceptors (Lipinski definition) is 5. The van der Waals surface area contributed by atoms with Crippen molar-refractivity contribution in [1.82, 2.24) is 4.98 Å². The molecule has 0 saturated heterocycles. The lowest BCUT2D eigenvalue weighted by molar-refractivity contribution is 0.363. The van der Waals surface area contributed by atoms with Crippen molar-refractivity contribution < 1.29 is 9.84 Å². The highest BCUT2D eigenvalue weighted by Gasteiger charge is 2.17. The lowest BCUT2D eigenvalue weighted by Gasteiger charge is -2.06. The minimum Gasteiger partial charge on any atom is -0.506 e. The minimum absolute atomic E-state index is 0.275. The molecule has 5 nitrogen and oxygen atoms in total. The highest BCUT2D eigenvalue weighted by Crippen LogP contribution is 2.38. The Balaban J connectivity index is 2.12. The van der Waals surface area contributed by atoms with E-state index < -0.39 is 5.56 Å². The fourth-order valence-corrected chi connectivity index (χ4v) is 3.25. The van der Waals surface area contributed by atoms with Crippen molar-refractivity contribution in [3.05, 3.63) is 58.2 Å². The maximum atomic E-state index is 11.7. The predicted octanol–water partition coefficient (Wildman–Crippen LogP) is 3.40. The van der Waals surface area contributed by atoms with Gasteiger partial charge in [0, 0.05) is 10.9 Å². The van der Waals surface area contributed by atoms with Crippen molar-refractivity contribution in [1.29, 1.82) is 5.26 Å². The van der Waals surface area contributed by atoms with Crippen LogP contribution in [0.1, 0.15) is 5.56 Å². The predicted molar refractivity (Wildman–Crippen MR) is 90.0 cm³/mol. The van der Waals surface area contributed by atoms with Crippen molar-refractivity contribution in [3.63, 3.8) is 0 Å². The molecule has 0 aliphatic heterocycles. The van der Waals surface area contributed by atoms with Crippen LogP contribution in [0.5, 0.6) is 11.5 Å². The highest BCUT2D eigenvalue weighted by atomic mass is 32.1. The van der Waals surface area contributed by atoms with Crippen LogP contribution in [0.25, 0.3) is 21.3 Å². The van der Waals surface area contributed by atoms with Crippen molar-refractivity contribution in [2.45, 2.75) is 0 Å². The number of aromatic amines is 1. The molecule has 0 amide bonds. The maximum Gasteiger partial charge on any atom is 0.270 e. The topological polar surface area (TPSA) is 86.1 Å². The fraction of sp³-hybridized carbons (Fsp3) is 0.0588. The van der Waals surface area contributed by atoms with Gasteiger partial charge in [-0.15, -0.1) is 11.3 Å². The minimum atomic E-state index is -0.584. The molecule has 0 aliphatic rings. The first kappa shape index (κ1) is 14.9. The second-order valence-electron chi connectivity index (χ2n) is 4.77. The zero-order chi connectivity index (χ0) is 16.4. The van der Waals surface area contributed by atoms with E-state index in [2.05, 4.69) is 11.6 Å². The summed E-state index contributed by atoms with van der Waals surface area (Å²) in [5.74, 6) is 0.429. The van der Waals surface area contributed by atoms with Gasteiger partial charge in [-0.25, -0.2) is 0 Å². The maximum absolute atomic E-state index is 11.7. The number of thiophene rings is 1. The van der Waals surface area contributed by atoms with E-state index in [4.69, 9.17) is 10.00 Å². The molecule has 23 heavy (non-hydrogen) atoms. The summed E-state index contributed by atoms with van der Waals surface area (Å²) in [5.41, 5.74) is 0.751. The second-order valence-corrected chi connectivity index (χ2v) is 5.65. The van der Waals surface area contributed by atoms with Crippen LogP contribution in [0, 0.1) is 11.3 Å². The summed E-state index contributed by atoms with van der Waals surface area (Å²) in [6.07, 6.45) is 1.66. The molecule has 2 aromatic heterocycles. The smallest absolute Gasteiger partial charge is 0.270 e. The zero-order valence-electron chi connectivity index (χ0n) is 12.0. The van der Waals surface area contributed by atoms with Gasteiger partial charge in [0.15, 0.2) is 5.56 Å². The molecule has 3 rings (SSSR count). The lowest BCUT2D eigenvalue weighted by atomic mass is 10.0. The standard InChI is InChI=1S/C17H12N2O3S/c1-2-7-22-11-5-3-10(4-6-11)13-9-23-17-14(13)15(20)12(8-18)16(21)19-17/h2-6,9H,1,7H2,(H2,19,20,21). The molecule has 2 heterocycles. The number of nitriles is 1. The monoisotopic (exact) mass is 324 g/mol. The third-order valence-corrected chi connectivity index (χ3v) is 4.26. The molecule has 114 valence electrons. The number of hydrogen-bond donors (Lipinski definition) is 2. The molecule has 3 aromatic rings. The van der Waals surface area contributed by atoms with Gasteiger partial charge < -0.3 is 14.8 Å². The largest absolute Gasteiger partial charge is 0.506 e. The number of pyridine rings is 1. The summed E-state index contributed by atoms with van der Waals surface area (Å²) < 4.78 is 5.44. The fourth-order valence-electron chi connectivity index (χ4n) is 2.29. The van der Waals surface area contributed by atoms with E-state index in [9.17, 15) is 9.90 Å². The lowest BCUT2D eigenvalue weighted by Crippen LogP contribution is -2.09. The average molecular weight is 324 g/mol. The van der Waals surface area contributed by atoms with Gasteiger partial charge in [-0.05, 0) is 17.7 Å². The molecule has 1 aromatic carbocycles. The molecular weight excluding hydrogens is 312 g/mol. The number of aromatic hydroxyl groups is 1. The van der Waals surface area contributed by atoms with Crippen LogP contribution in [0.15, 0.2) is 47.1 Å². The summed E-state index contributed by atoms with van der Waals surface area (Å²) in [5, 5.41) is 21.6. The first-order chi connectivity index (χ1) is 11.2. The van der Waals surface area contributed by atoms with Crippen LogP contribution >= 0.6 is 11.3 Å². The van der Waals surface area contributed by atoms with Crippen molar-refractivity contribution >= 4 is 21.6 Å². The van der Waals surface area contributed by atoms with Crippen molar-refractivity contribution in [2.75, 3.05) is 6.61 Å². The average Bonchev–Trinajstić information content (AvgIpc) is 2.97. The van der Waals surface area contributed by atoms with E-state index in [1.54, 1.807) is 12.1 Å². The van der Waals surface area contributed by atoms with Crippen molar-refractivity contribution in [3.8, 4) is 28.7 Å². The number of aromatic nitrogens is 1. The van der Waals surface area contributed by atoms with Gasteiger partial charge in [0.1, 0.15) is 29.0 Å². The Labute approximate surface area is 135 Å². The molecule has 0 radical (unpaired) electrons. The Morgan fingerprint density at radius 3 is 2.78 bits per heavy atom. The normalized spacial score (nSPS) is 10.4. The number of ether oxygens (including phenoxy) is 1. The van der Waals surface area contributed by atoms with E-state index in [0.717, 1.165) is 11.1 Å². The zero-order valence-corrected chi connectivity index (χ0v) is 12.8. The SMILES string of the molecule is C=CCOc1ccc(-c2csc3[nH]c(=O)c(C#N)c(O)c23)cc1. The van der Waals surface area contributed by atoms with E-state index in [0.29, 0.717) is 22.6 Å². The van der Waals surface area contributed by atoms with Gasteiger partial charge in [-0.2, -0.15) is 5.26 Å². The number of rotatable bonds is 4. The third kappa shape index (κ3) is 2.58. The molecule has 0 aliphatic carbocycles. The van der Waals surface area contributed by atoms with Crippen LogP contribution < -0.4 is 10.3 Å². The van der Waals surface area contributed by atoms with Crippen LogP contribution in [0.2, 0.25) is 0 Å². The molecule has 6 heteroatoms.